The molecule has 0 amide bonds. The van der Waals surface area contributed by atoms with E-state index in [0.29, 0.717) is 17.2 Å². The Hall–Kier alpha value is -1.32. The van der Waals surface area contributed by atoms with Crippen LogP contribution < -0.4 is 0 Å². The fourth-order valence-corrected chi connectivity index (χ4v) is 1.65. The lowest BCUT2D eigenvalue weighted by Gasteiger charge is -1.96. The second-order valence-corrected chi connectivity index (χ2v) is 3.74. The van der Waals surface area contributed by atoms with Crippen LogP contribution >= 0.6 is 11.6 Å². The van der Waals surface area contributed by atoms with E-state index >= 15 is 0 Å². The molecule has 0 aliphatic rings. The molecule has 0 aliphatic carbocycles. The number of Topliss-reactive ketones (excluding diaryl/α,β-unsaturated/α-hetero) is 1. The van der Waals surface area contributed by atoms with E-state index in [1.807, 2.05) is 19.1 Å². The van der Waals surface area contributed by atoms with Crippen LogP contribution in [0.15, 0.2) is 28.7 Å². The van der Waals surface area contributed by atoms with Crippen molar-refractivity contribution in [3.63, 3.8) is 0 Å². The number of benzene rings is 1. The number of carbonyl (C=O) groups is 1. The van der Waals surface area contributed by atoms with Crippen molar-refractivity contribution in [2.45, 2.75) is 6.92 Å². The summed E-state index contributed by atoms with van der Waals surface area (Å²) in [5.74, 6) is 0.116. The number of hydrogen-bond donors (Lipinski definition) is 0. The maximum Gasteiger partial charge on any atom is 0.223 e. The number of halogens is 1. The van der Waals surface area contributed by atoms with E-state index in [4.69, 9.17) is 20.8 Å². The van der Waals surface area contributed by atoms with E-state index in [2.05, 4.69) is 0 Å². The quantitative estimate of drug-likeness (QED) is 0.768. The second kappa shape index (κ2) is 4.68. The van der Waals surface area contributed by atoms with Gasteiger partial charge in [0.1, 0.15) is 6.61 Å². The molecule has 16 heavy (non-hydrogen) atoms. The molecule has 2 aromatic rings. The van der Waals surface area contributed by atoms with Crippen molar-refractivity contribution in [3.8, 4) is 0 Å². The first-order valence-corrected chi connectivity index (χ1v) is 5.39. The number of hydrogen-bond acceptors (Lipinski definition) is 3. The van der Waals surface area contributed by atoms with Gasteiger partial charge >= 0.3 is 0 Å². The van der Waals surface area contributed by atoms with Crippen LogP contribution in [-0.2, 0) is 4.74 Å². The zero-order valence-electron chi connectivity index (χ0n) is 8.83. The van der Waals surface area contributed by atoms with E-state index in [9.17, 15) is 4.79 Å². The molecule has 0 radical (unpaired) electrons. The Kier molecular flexibility index (Phi) is 3.27. The number of furan rings is 1. The van der Waals surface area contributed by atoms with Crippen molar-refractivity contribution in [3.05, 3.63) is 35.0 Å². The van der Waals surface area contributed by atoms with Crippen LogP contribution in [0.3, 0.4) is 0 Å². The molecule has 0 bridgehead atoms. The first-order chi connectivity index (χ1) is 7.72. The van der Waals surface area contributed by atoms with Crippen molar-refractivity contribution in [2.75, 3.05) is 13.2 Å². The SMILES string of the molecule is CCOCC(=O)c1cc2cccc(Cl)c2o1. The largest absolute Gasteiger partial charge is 0.451 e. The third-order valence-electron chi connectivity index (χ3n) is 2.21. The predicted molar refractivity (Wildman–Crippen MR) is 62.0 cm³/mol. The molecule has 0 saturated carbocycles. The van der Waals surface area contributed by atoms with Gasteiger partial charge in [0, 0.05) is 12.0 Å². The molecule has 4 heteroatoms. The van der Waals surface area contributed by atoms with E-state index in [-0.39, 0.29) is 18.2 Å². The Morgan fingerprint density at radius 1 is 1.50 bits per heavy atom. The molecule has 0 spiro atoms. The zero-order chi connectivity index (χ0) is 11.5. The highest BCUT2D eigenvalue weighted by Gasteiger charge is 2.13. The number of ketones is 1. The van der Waals surface area contributed by atoms with Crippen molar-refractivity contribution < 1.29 is 13.9 Å². The molecule has 0 fully saturated rings. The summed E-state index contributed by atoms with van der Waals surface area (Å²) < 4.78 is 10.4. The number of rotatable bonds is 4. The average molecular weight is 239 g/mol. The van der Waals surface area contributed by atoms with Crippen molar-refractivity contribution in [1.29, 1.82) is 0 Å². The lowest BCUT2D eigenvalue weighted by molar-refractivity contribution is 0.0758. The summed E-state index contributed by atoms with van der Waals surface area (Å²) in [5, 5.41) is 1.33. The van der Waals surface area contributed by atoms with Gasteiger partial charge in [0.05, 0.1) is 5.02 Å². The lowest BCUT2D eigenvalue weighted by Crippen LogP contribution is -2.07. The third kappa shape index (κ3) is 2.10. The first kappa shape index (κ1) is 11.2. The highest BCUT2D eigenvalue weighted by Crippen LogP contribution is 2.26. The fraction of sp³-hybridized carbons (Fsp3) is 0.250. The Labute approximate surface area is 97.9 Å². The molecule has 2 rings (SSSR count). The van der Waals surface area contributed by atoms with Gasteiger partial charge in [-0.15, -0.1) is 0 Å². The molecule has 0 aliphatic heterocycles. The van der Waals surface area contributed by atoms with Crippen LogP contribution in [0, 0.1) is 0 Å². The first-order valence-electron chi connectivity index (χ1n) is 5.01. The number of ether oxygens (including phenoxy) is 1. The molecule has 1 heterocycles. The highest BCUT2D eigenvalue weighted by atomic mass is 35.5. The van der Waals surface area contributed by atoms with Gasteiger partial charge in [0.25, 0.3) is 0 Å². The Morgan fingerprint density at radius 3 is 3.00 bits per heavy atom. The van der Waals surface area contributed by atoms with Gasteiger partial charge in [0.15, 0.2) is 11.3 Å². The average Bonchev–Trinajstić information content (AvgIpc) is 2.71. The molecular formula is C12H11ClO3. The highest BCUT2D eigenvalue weighted by molar-refractivity contribution is 6.34. The minimum Gasteiger partial charge on any atom is -0.451 e. The zero-order valence-corrected chi connectivity index (χ0v) is 9.58. The molecule has 84 valence electrons. The maximum absolute atomic E-state index is 11.6. The lowest BCUT2D eigenvalue weighted by atomic mass is 10.2. The summed E-state index contributed by atoms with van der Waals surface area (Å²) >= 11 is 5.94. The van der Waals surface area contributed by atoms with Gasteiger partial charge in [-0.25, -0.2) is 0 Å². The van der Waals surface area contributed by atoms with Crippen LogP contribution in [0.25, 0.3) is 11.0 Å². The smallest absolute Gasteiger partial charge is 0.223 e. The van der Waals surface area contributed by atoms with E-state index in [1.54, 1.807) is 12.1 Å². The maximum atomic E-state index is 11.6. The molecule has 3 nitrogen and oxygen atoms in total. The summed E-state index contributed by atoms with van der Waals surface area (Å²) in [7, 11) is 0. The van der Waals surface area contributed by atoms with Gasteiger partial charge in [-0.3, -0.25) is 4.79 Å². The number of para-hydroxylation sites is 1. The van der Waals surface area contributed by atoms with Crippen molar-refractivity contribution in [1.82, 2.24) is 0 Å². The normalized spacial score (nSPS) is 10.9. The van der Waals surface area contributed by atoms with Crippen LogP contribution in [0.5, 0.6) is 0 Å². The molecule has 0 atom stereocenters. The summed E-state index contributed by atoms with van der Waals surface area (Å²) in [6.07, 6.45) is 0. The van der Waals surface area contributed by atoms with Gasteiger partial charge < -0.3 is 9.15 Å². The van der Waals surface area contributed by atoms with Crippen LogP contribution in [0.4, 0.5) is 0 Å². The van der Waals surface area contributed by atoms with Gasteiger partial charge in [-0.05, 0) is 19.1 Å². The summed E-state index contributed by atoms with van der Waals surface area (Å²) in [4.78, 5) is 11.6. The number of carbonyl (C=O) groups excluding carboxylic acids is 1. The Balaban J connectivity index is 2.32. The molecular weight excluding hydrogens is 228 g/mol. The van der Waals surface area contributed by atoms with Gasteiger partial charge in [-0.1, -0.05) is 23.7 Å². The Bertz CT molecular complexity index is 516. The molecule has 1 aromatic heterocycles. The third-order valence-corrected chi connectivity index (χ3v) is 2.51. The minimum atomic E-state index is -0.172. The summed E-state index contributed by atoms with van der Waals surface area (Å²) in [6, 6.07) is 7.08. The van der Waals surface area contributed by atoms with Gasteiger partial charge in [-0.2, -0.15) is 0 Å². The topological polar surface area (TPSA) is 39.4 Å². The minimum absolute atomic E-state index is 0.0357. The summed E-state index contributed by atoms with van der Waals surface area (Å²) in [6.45, 7) is 2.38. The number of fused-ring (bicyclic) bond motifs is 1. The van der Waals surface area contributed by atoms with E-state index in [1.165, 1.54) is 0 Å². The predicted octanol–water partition coefficient (Wildman–Crippen LogP) is 3.31. The van der Waals surface area contributed by atoms with Crippen LogP contribution in [-0.4, -0.2) is 19.0 Å². The standard InChI is InChI=1S/C12H11ClO3/c1-2-15-7-10(14)11-6-8-4-3-5-9(13)12(8)16-11/h3-6H,2,7H2,1H3. The second-order valence-electron chi connectivity index (χ2n) is 3.33. The molecule has 1 aromatic carbocycles. The molecule has 0 unspecified atom stereocenters. The van der Waals surface area contributed by atoms with Crippen LogP contribution in [0.2, 0.25) is 5.02 Å². The fourth-order valence-electron chi connectivity index (χ4n) is 1.43. The van der Waals surface area contributed by atoms with Crippen molar-refractivity contribution >= 4 is 28.4 Å². The summed E-state index contributed by atoms with van der Waals surface area (Å²) in [5.41, 5.74) is 0.545. The Morgan fingerprint density at radius 2 is 2.31 bits per heavy atom. The monoisotopic (exact) mass is 238 g/mol. The van der Waals surface area contributed by atoms with E-state index < -0.39 is 0 Å². The molecule has 0 saturated heterocycles. The van der Waals surface area contributed by atoms with Crippen molar-refractivity contribution in [2.24, 2.45) is 0 Å². The van der Waals surface area contributed by atoms with Gasteiger partial charge in [0.2, 0.25) is 5.78 Å². The van der Waals surface area contributed by atoms with E-state index in [0.717, 1.165) is 5.39 Å². The molecule has 0 N–H and O–H groups in total. The van der Waals surface area contributed by atoms with Crippen LogP contribution in [0.1, 0.15) is 17.5 Å².